The van der Waals surface area contributed by atoms with Crippen LogP contribution in [-0.4, -0.2) is 45.5 Å². The molecule has 0 radical (unpaired) electrons. The van der Waals surface area contributed by atoms with Gasteiger partial charge in [0, 0.05) is 18.8 Å². The maximum Gasteiger partial charge on any atom is 0.262 e. The number of aryl methyl sites for hydroxylation is 1. The molecule has 0 unspecified atom stereocenters. The third kappa shape index (κ3) is 4.42. The molecule has 2 aromatic carbocycles. The summed E-state index contributed by atoms with van der Waals surface area (Å²) in [7, 11) is -3.64. The Kier molecular flexibility index (Phi) is 5.58. The Labute approximate surface area is 153 Å². The lowest BCUT2D eigenvalue weighted by atomic mass is 10.1. The first kappa shape index (κ1) is 18.4. The zero-order valence-electron chi connectivity index (χ0n) is 14.6. The number of sulfonamides is 1. The minimum atomic E-state index is -3.64. The van der Waals surface area contributed by atoms with Crippen molar-refractivity contribution < 1.29 is 17.9 Å². The molecule has 3 rings (SSSR count). The monoisotopic (exact) mass is 374 g/mol. The molecule has 0 atom stereocenters. The van der Waals surface area contributed by atoms with Gasteiger partial charge in [0.2, 0.25) is 5.91 Å². The van der Waals surface area contributed by atoms with Crippen LogP contribution in [0.4, 0.5) is 5.69 Å². The Balaban J connectivity index is 1.66. The van der Waals surface area contributed by atoms with Crippen LogP contribution in [-0.2, 0) is 26.0 Å². The molecule has 1 saturated heterocycles. The summed E-state index contributed by atoms with van der Waals surface area (Å²) in [5.41, 5.74) is 2.00. The number of nitrogens with zero attached hydrogens (tertiary/aromatic N) is 1. The lowest BCUT2D eigenvalue weighted by molar-refractivity contribution is -0.134. The number of carbonyl (C=O) groups excluding carboxylic acids is 1. The van der Waals surface area contributed by atoms with Crippen LogP contribution in [0.2, 0.25) is 0 Å². The second kappa shape index (κ2) is 7.88. The smallest absolute Gasteiger partial charge is 0.262 e. The molecule has 1 fully saturated rings. The largest absolute Gasteiger partial charge is 0.378 e. The van der Waals surface area contributed by atoms with E-state index in [4.69, 9.17) is 4.74 Å². The fourth-order valence-electron chi connectivity index (χ4n) is 2.86. The van der Waals surface area contributed by atoms with Gasteiger partial charge in [0.15, 0.2) is 0 Å². The van der Waals surface area contributed by atoms with Crippen molar-refractivity contribution in [1.82, 2.24) is 4.90 Å². The first-order valence-corrected chi connectivity index (χ1v) is 9.97. The van der Waals surface area contributed by atoms with E-state index in [2.05, 4.69) is 4.72 Å². The molecule has 2 aromatic rings. The molecule has 1 N–H and O–H groups in total. The van der Waals surface area contributed by atoms with E-state index in [9.17, 15) is 13.2 Å². The number of hydrogen-bond donors (Lipinski definition) is 1. The fraction of sp³-hybridized carbons (Fsp3) is 0.316. The van der Waals surface area contributed by atoms with E-state index in [-0.39, 0.29) is 10.8 Å². The van der Waals surface area contributed by atoms with Crippen molar-refractivity contribution in [3.63, 3.8) is 0 Å². The average Bonchev–Trinajstić information content (AvgIpc) is 2.64. The number of benzene rings is 2. The molecule has 0 spiro atoms. The first-order chi connectivity index (χ1) is 12.5. The van der Waals surface area contributed by atoms with Crippen LogP contribution < -0.4 is 4.72 Å². The second-order valence-electron chi connectivity index (χ2n) is 6.24. The molecule has 1 heterocycles. The van der Waals surface area contributed by atoms with E-state index in [0.717, 1.165) is 5.56 Å². The Bertz CT molecular complexity index is 873. The van der Waals surface area contributed by atoms with E-state index < -0.39 is 10.0 Å². The lowest BCUT2D eigenvalue weighted by Crippen LogP contribution is -2.41. The third-order valence-electron chi connectivity index (χ3n) is 4.31. The molecule has 138 valence electrons. The van der Waals surface area contributed by atoms with Crippen LogP contribution in [0.5, 0.6) is 0 Å². The summed E-state index contributed by atoms with van der Waals surface area (Å²) in [6, 6.07) is 13.7. The molecular formula is C19H22N2O4S. The standard InChI is InChI=1S/C19H22N2O4S/c1-15-4-2-3-5-18(15)26(23,24)20-17-8-6-16(7-9-17)14-19(22)21-10-12-25-13-11-21/h2-9,20H,10-14H2,1H3. The van der Waals surface area contributed by atoms with Gasteiger partial charge in [-0.15, -0.1) is 0 Å². The van der Waals surface area contributed by atoms with Crippen molar-refractivity contribution in [2.45, 2.75) is 18.2 Å². The van der Waals surface area contributed by atoms with Crippen LogP contribution >= 0.6 is 0 Å². The van der Waals surface area contributed by atoms with Gasteiger partial charge in [-0.2, -0.15) is 0 Å². The van der Waals surface area contributed by atoms with E-state index in [1.165, 1.54) is 0 Å². The van der Waals surface area contributed by atoms with Crippen LogP contribution in [0.3, 0.4) is 0 Å². The van der Waals surface area contributed by atoms with Crippen molar-refractivity contribution in [2.75, 3.05) is 31.0 Å². The van der Waals surface area contributed by atoms with Crippen molar-refractivity contribution >= 4 is 21.6 Å². The summed E-state index contributed by atoms with van der Waals surface area (Å²) < 4.78 is 32.8. The van der Waals surface area contributed by atoms with Gasteiger partial charge in [-0.05, 0) is 36.2 Å². The highest BCUT2D eigenvalue weighted by Crippen LogP contribution is 2.19. The number of ether oxygens (including phenoxy) is 1. The molecule has 6 nitrogen and oxygen atoms in total. The van der Waals surface area contributed by atoms with E-state index >= 15 is 0 Å². The molecular weight excluding hydrogens is 352 g/mol. The highest BCUT2D eigenvalue weighted by atomic mass is 32.2. The SMILES string of the molecule is Cc1ccccc1S(=O)(=O)Nc1ccc(CC(=O)N2CCOCC2)cc1. The van der Waals surface area contributed by atoms with E-state index in [1.54, 1.807) is 60.4 Å². The van der Waals surface area contributed by atoms with Crippen LogP contribution in [0.1, 0.15) is 11.1 Å². The summed E-state index contributed by atoms with van der Waals surface area (Å²) >= 11 is 0. The minimum Gasteiger partial charge on any atom is -0.378 e. The van der Waals surface area contributed by atoms with Gasteiger partial charge in [0.05, 0.1) is 24.5 Å². The molecule has 1 aliphatic heterocycles. The maximum absolute atomic E-state index is 12.5. The zero-order valence-corrected chi connectivity index (χ0v) is 15.5. The highest BCUT2D eigenvalue weighted by molar-refractivity contribution is 7.92. The molecule has 0 bridgehead atoms. The third-order valence-corrected chi connectivity index (χ3v) is 5.85. The van der Waals surface area contributed by atoms with Gasteiger partial charge >= 0.3 is 0 Å². The van der Waals surface area contributed by atoms with Gasteiger partial charge in [-0.1, -0.05) is 30.3 Å². The number of carbonyl (C=O) groups is 1. The Hall–Kier alpha value is -2.38. The van der Waals surface area contributed by atoms with Gasteiger partial charge in [0.25, 0.3) is 10.0 Å². The minimum absolute atomic E-state index is 0.0570. The quantitative estimate of drug-likeness (QED) is 0.871. The summed E-state index contributed by atoms with van der Waals surface area (Å²) in [6.07, 6.45) is 0.296. The molecule has 7 heteroatoms. The van der Waals surface area contributed by atoms with Crippen LogP contribution in [0.25, 0.3) is 0 Å². The summed E-state index contributed by atoms with van der Waals surface area (Å²) in [6.45, 7) is 4.14. The van der Waals surface area contributed by atoms with Crippen LogP contribution in [0.15, 0.2) is 53.4 Å². The van der Waals surface area contributed by atoms with E-state index in [1.807, 2.05) is 0 Å². The zero-order chi connectivity index (χ0) is 18.6. The summed E-state index contributed by atoms with van der Waals surface area (Å²) in [4.78, 5) is 14.3. The lowest BCUT2D eigenvalue weighted by Gasteiger charge is -2.26. The first-order valence-electron chi connectivity index (χ1n) is 8.48. The number of amides is 1. The molecule has 0 aliphatic carbocycles. The molecule has 1 amide bonds. The Morgan fingerprint density at radius 3 is 2.38 bits per heavy atom. The Morgan fingerprint density at radius 2 is 1.73 bits per heavy atom. The maximum atomic E-state index is 12.5. The number of anilines is 1. The number of morpholine rings is 1. The van der Waals surface area contributed by atoms with E-state index in [0.29, 0.717) is 44.0 Å². The van der Waals surface area contributed by atoms with Crippen molar-refractivity contribution in [3.8, 4) is 0 Å². The number of rotatable bonds is 5. The van der Waals surface area contributed by atoms with Crippen molar-refractivity contribution in [1.29, 1.82) is 0 Å². The number of nitrogens with one attached hydrogen (secondary N) is 1. The highest BCUT2D eigenvalue weighted by Gasteiger charge is 2.18. The predicted molar refractivity (Wildman–Crippen MR) is 99.5 cm³/mol. The van der Waals surface area contributed by atoms with Gasteiger partial charge in [0.1, 0.15) is 0 Å². The van der Waals surface area contributed by atoms with Gasteiger partial charge in [-0.25, -0.2) is 8.42 Å². The van der Waals surface area contributed by atoms with Gasteiger partial charge in [-0.3, -0.25) is 9.52 Å². The molecule has 0 saturated carbocycles. The Morgan fingerprint density at radius 1 is 1.08 bits per heavy atom. The van der Waals surface area contributed by atoms with Crippen molar-refractivity contribution in [2.24, 2.45) is 0 Å². The van der Waals surface area contributed by atoms with Gasteiger partial charge < -0.3 is 9.64 Å². The molecule has 0 aromatic heterocycles. The van der Waals surface area contributed by atoms with Crippen molar-refractivity contribution in [3.05, 3.63) is 59.7 Å². The van der Waals surface area contributed by atoms with Crippen LogP contribution in [0, 0.1) is 6.92 Å². The molecule has 1 aliphatic rings. The summed E-state index contributed by atoms with van der Waals surface area (Å²) in [5, 5.41) is 0. The second-order valence-corrected chi connectivity index (χ2v) is 7.89. The predicted octanol–water partition coefficient (Wildman–Crippen LogP) is 2.20. The normalized spacial score (nSPS) is 14.9. The topological polar surface area (TPSA) is 75.7 Å². The fourth-order valence-corrected chi connectivity index (χ4v) is 4.16. The molecule has 26 heavy (non-hydrogen) atoms. The number of hydrogen-bond acceptors (Lipinski definition) is 4. The summed E-state index contributed by atoms with van der Waals surface area (Å²) in [5.74, 6) is 0.0570. The average molecular weight is 374 g/mol.